The third kappa shape index (κ3) is 5.14. The minimum absolute atomic E-state index is 0.0376. The van der Waals surface area contributed by atoms with Crippen molar-refractivity contribution in [2.24, 2.45) is 0 Å². The molecule has 0 radical (unpaired) electrons. The Labute approximate surface area is 97.0 Å². The Morgan fingerprint density at radius 1 is 1.19 bits per heavy atom. The first-order valence-electron chi connectivity index (χ1n) is 5.48. The molecule has 0 aromatic heterocycles. The lowest BCUT2D eigenvalue weighted by atomic mass is 10.2. The van der Waals surface area contributed by atoms with Crippen LogP contribution in [-0.4, -0.2) is 30.0 Å². The van der Waals surface area contributed by atoms with Crippen molar-refractivity contribution in [2.45, 2.75) is 32.5 Å². The summed E-state index contributed by atoms with van der Waals surface area (Å²) in [6, 6.07) is 9.51. The predicted octanol–water partition coefficient (Wildman–Crippen LogP) is 2.24. The Bertz CT molecular complexity index is 290. The molecule has 0 saturated carbocycles. The standard InChI is InChI=1S/C13H20O3/c1-13(2,3)16-12(9-14)10-15-11-7-5-4-6-8-11/h4-8,12,14H,9-10H2,1-3H3. The molecule has 0 aliphatic heterocycles. The third-order valence-electron chi connectivity index (χ3n) is 1.90. The molecule has 0 amide bonds. The highest BCUT2D eigenvalue weighted by molar-refractivity contribution is 5.20. The maximum absolute atomic E-state index is 9.16. The Morgan fingerprint density at radius 2 is 1.81 bits per heavy atom. The molecule has 90 valence electrons. The number of aliphatic hydroxyl groups is 1. The molecular formula is C13H20O3. The fraction of sp³-hybridized carbons (Fsp3) is 0.538. The first-order valence-corrected chi connectivity index (χ1v) is 5.48. The molecule has 0 fully saturated rings. The van der Waals surface area contributed by atoms with Crippen LogP contribution in [0.5, 0.6) is 5.75 Å². The lowest BCUT2D eigenvalue weighted by Gasteiger charge is -2.26. The van der Waals surface area contributed by atoms with Crippen molar-refractivity contribution < 1.29 is 14.6 Å². The summed E-state index contributed by atoms with van der Waals surface area (Å²) in [5.74, 6) is 0.790. The van der Waals surface area contributed by atoms with E-state index in [1.165, 1.54) is 0 Å². The average Bonchev–Trinajstić information content (AvgIpc) is 2.24. The molecule has 3 nitrogen and oxygen atoms in total. The van der Waals surface area contributed by atoms with Crippen LogP contribution in [0.1, 0.15) is 20.8 Å². The van der Waals surface area contributed by atoms with Gasteiger partial charge in [-0.25, -0.2) is 0 Å². The summed E-state index contributed by atoms with van der Waals surface area (Å²) in [5, 5.41) is 9.16. The molecule has 0 aliphatic carbocycles. The van der Waals surface area contributed by atoms with Crippen LogP contribution in [0.4, 0.5) is 0 Å². The maximum Gasteiger partial charge on any atom is 0.119 e. The number of para-hydroxylation sites is 1. The molecule has 1 rings (SSSR count). The van der Waals surface area contributed by atoms with E-state index in [-0.39, 0.29) is 18.3 Å². The molecular weight excluding hydrogens is 204 g/mol. The van der Waals surface area contributed by atoms with Crippen LogP contribution < -0.4 is 4.74 Å². The molecule has 0 saturated heterocycles. The highest BCUT2D eigenvalue weighted by atomic mass is 16.6. The Kier molecular flexibility index (Phi) is 4.77. The monoisotopic (exact) mass is 224 g/mol. The van der Waals surface area contributed by atoms with Crippen LogP contribution in [0, 0.1) is 0 Å². The fourth-order valence-corrected chi connectivity index (χ4v) is 1.33. The van der Waals surface area contributed by atoms with Gasteiger partial charge < -0.3 is 14.6 Å². The zero-order valence-corrected chi connectivity index (χ0v) is 10.1. The minimum atomic E-state index is -0.291. The van der Waals surface area contributed by atoms with E-state index in [0.29, 0.717) is 6.61 Å². The normalized spacial score (nSPS) is 13.5. The molecule has 1 atom stereocenters. The number of hydrogen-bond acceptors (Lipinski definition) is 3. The van der Waals surface area contributed by atoms with Gasteiger partial charge in [0.15, 0.2) is 0 Å². The predicted molar refractivity (Wildman–Crippen MR) is 63.6 cm³/mol. The number of benzene rings is 1. The molecule has 16 heavy (non-hydrogen) atoms. The molecule has 1 unspecified atom stereocenters. The summed E-state index contributed by atoms with van der Waals surface area (Å²) < 4.78 is 11.2. The van der Waals surface area contributed by atoms with Gasteiger partial charge in [-0.1, -0.05) is 18.2 Å². The topological polar surface area (TPSA) is 38.7 Å². The first kappa shape index (κ1) is 13.0. The number of rotatable bonds is 5. The lowest BCUT2D eigenvalue weighted by molar-refractivity contribution is -0.0946. The van der Waals surface area contributed by atoms with Crippen molar-refractivity contribution in [3.63, 3.8) is 0 Å². The molecule has 3 heteroatoms. The van der Waals surface area contributed by atoms with E-state index in [9.17, 15) is 0 Å². The molecule has 0 aliphatic rings. The van der Waals surface area contributed by atoms with Crippen molar-refractivity contribution in [3.8, 4) is 5.75 Å². The minimum Gasteiger partial charge on any atom is -0.491 e. The number of ether oxygens (including phenoxy) is 2. The maximum atomic E-state index is 9.16. The Morgan fingerprint density at radius 3 is 2.31 bits per heavy atom. The van der Waals surface area contributed by atoms with Crippen LogP contribution in [0.25, 0.3) is 0 Å². The summed E-state index contributed by atoms with van der Waals surface area (Å²) in [6.45, 7) is 6.19. The van der Waals surface area contributed by atoms with Gasteiger partial charge in [-0.2, -0.15) is 0 Å². The SMILES string of the molecule is CC(C)(C)OC(CO)COc1ccccc1. The lowest BCUT2D eigenvalue weighted by Crippen LogP contribution is -2.34. The molecule has 0 spiro atoms. The highest BCUT2D eigenvalue weighted by Gasteiger charge is 2.18. The Hall–Kier alpha value is -1.06. The van der Waals surface area contributed by atoms with Crippen LogP contribution >= 0.6 is 0 Å². The molecule has 0 bridgehead atoms. The zero-order valence-electron chi connectivity index (χ0n) is 10.1. The third-order valence-corrected chi connectivity index (χ3v) is 1.90. The van der Waals surface area contributed by atoms with Gasteiger partial charge in [0.05, 0.1) is 12.2 Å². The van der Waals surface area contributed by atoms with Crippen LogP contribution in [0.3, 0.4) is 0 Å². The van der Waals surface area contributed by atoms with Gasteiger partial charge in [-0.05, 0) is 32.9 Å². The van der Waals surface area contributed by atoms with Gasteiger partial charge in [-0.3, -0.25) is 0 Å². The van der Waals surface area contributed by atoms with Gasteiger partial charge >= 0.3 is 0 Å². The van der Waals surface area contributed by atoms with Crippen LogP contribution in [0.15, 0.2) is 30.3 Å². The average molecular weight is 224 g/mol. The van der Waals surface area contributed by atoms with Gasteiger partial charge in [0.25, 0.3) is 0 Å². The summed E-state index contributed by atoms with van der Waals surface area (Å²) in [6.07, 6.45) is -0.291. The second-order valence-corrected chi connectivity index (χ2v) is 4.66. The first-order chi connectivity index (χ1) is 7.51. The van der Waals surface area contributed by atoms with E-state index >= 15 is 0 Å². The fourth-order valence-electron chi connectivity index (χ4n) is 1.33. The van der Waals surface area contributed by atoms with E-state index in [2.05, 4.69) is 0 Å². The van der Waals surface area contributed by atoms with Crippen molar-refractivity contribution in [2.75, 3.05) is 13.2 Å². The van der Waals surface area contributed by atoms with E-state index in [1.54, 1.807) is 0 Å². The van der Waals surface area contributed by atoms with Crippen LogP contribution in [0.2, 0.25) is 0 Å². The van der Waals surface area contributed by atoms with E-state index in [4.69, 9.17) is 14.6 Å². The van der Waals surface area contributed by atoms with Gasteiger partial charge in [-0.15, -0.1) is 0 Å². The summed E-state index contributed by atoms with van der Waals surface area (Å²) >= 11 is 0. The summed E-state index contributed by atoms with van der Waals surface area (Å²) in [7, 11) is 0. The van der Waals surface area contributed by atoms with Gasteiger partial charge in [0.2, 0.25) is 0 Å². The van der Waals surface area contributed by atoms with Gasteiger partial charge in [0.1, 0.15) is 18.5 Å². The zero-order chi connectivity index (χ0) is 12.0. The summed E-state index contributed by atoms with van der Waals surface area (Å²) in [5.41, 5.74) is -0.270. The molecule has 1 aromatic carbocycles. The van der Waals surface area contributed by atoms with E-state index < -0.39 is 0 Å². The van der Waals surface area contributed by atoms with E-state index in [1.807, 2.05) is 51.1 Å². The van der Waals surface area contributed by atoms with Crippen molar-refractivity contribution in [1.82, 2.24) is 0 Å². The van der Waals surface area contributed by atoms with Crippen molar-refractivity contribution in [1.29, 1.82) is 0 Å². The van der Waals surface area contributed by atoms with E-state index in [0.717, 1.165) is 5.75 Å². The summed E-state index contributed by atoms with van der Waals surface area (Å²) in [4.78, 5) is 0. The smallest absolute Gasteiger partial charge is 0.119 e. The Balaban J connectivity index is 2.40. The van der Waals surface area contributed by atoms with Crippen LogP contribution in [-0.2, 0) is 4.74 Å². The van der Waals surface area contributed by atoms with Crippen molar-refractivity contribution >= 4 is 0 Å². The largest absolute Gasteiger partial charge is 0.491 e. The molecule has 1 N–H and O–H groups in total. The number of aliphatic hydroxyl groups excluding tert-OH is 1. The molecule has 0 heterocycles. The van der Waals surface area contributed by atoms with Crippen molar-refractivity contribution in [3.05, 3.63) is 30.3 Å². The molecule has 1 aromatic rings. The highest BCUT2D eigenvalue weighted by Crippen LogP contribution is 2.13. The number of hydrogen-bond donors (Lipinski definition) is 1. The van der Waals surface area contributed by atoms with Gasteiger partial charge in [0, 0.05) is 0 Å². The quantitative estimate of drug-likeness (QED) is 0.833. The second kappa shape index (κ2) is 5.87. The second-order valence-electron chi connectivity index (χ2n) is 4.66.